The summed E-state index contributed by atoms with van der Waals surface area (Å²) in [5.41, 5.74) is 3.82. The molecule has 7 nitrogen and oxygen atoms in total. The van der Waals surface area contributed by atoms with Gasteiger partial charge in [0.1, 0.15) is 17.0 Å². The monoisotopic (exact) mass is 370 g/mol. The van der Waals surface area contributed by atoms with Crippen molar-refractivity contribution in [2.24, 2.45) is 0 Å². The Balaban J connectivity index is 1.37. The highest BCUT2D eigenvalue weighted by molar-refractivity contribution is 7.14. The van der Waals surface area contributed by atoms with Crippen LogP contribution in [-0.2, 0) is 6.54 Å². The fourth-order valence-electron chi connectivity index (χ4n) is 3.35. The lowest BCUT2D eigenvalue weighted by molar-refractivity contribution is 0.0992. The highest BCUT2D eigenvalue weighted by Crippen LogP contribution is 2.30. The molecule has 5 heterocycles. The van der Waals surface area contributed by atoms with Crippen LogP contribution < -0.4 is 9.80 Å². The summed E-state index contributed by atoms with van der Waals surface area (Å²) in [5.74, 6) is 0.652. The number of alkyl halides is 1. The molecule has 1 amide bonds. The Bertz CT molecular complexity index is 954. The van der Waals surface area contributed by atoms with Gasteiger partial charge in [-0.2, -0.15) is 5.10 Å². The molecule has 0 saturated carbocycles. The van der Waals surface area contributed by atoms with Gasteiger partial charge >= 0.3 is 0 Å². The summed E-state index contributed by atoms with van der Waals surface area (Å²) in [5, 5.41) is 5.26. The third-order valence-electron chi connectivity index (χ3n) is 4.70. The normalized spacial score (nSPS) is 19.4. The van der Waals surface area contributed by atoms with Crippen LogP contribution >= 0.6 is 11.3 Å². The number of carbonyl (C=O) groups excluding carboxylic acids is 1. The fraction of sp³-hybridized carbons (Fsp3) is 0.294. The Morgan fingerprint density at radius 2 is 2.19 bits per heavy atom. The topological polar surface area (TPSA) is 67.2 Å². The standard InChI is InChI=1S/C17H15FN6OS/c18-12-3-4-22(9-12)14-2-1-13(5-20-14)24-8-11-7-23(15-6-19-10-26-15)17(25)16(11)21-24/h1-2,5-6,8,10,12H,3-4,7,9H2/t12-/m0/s1. The van der Waals surface area contributed by atoms with Gasteiger partial charge in [-0.05, 0) is 18.6 Å². The Labute approximate surface area is 152 Å². The van der Waals surface area contributed by atoms with E-state index in [-0.39, 0.29) is 5.91 Å². The molecule has 0 aromatic carbocycles. The summed E-state index contributed by atoms with van der Waals surface area (Å²) in [6.07, 6.45) is 5.02. The Kier molecular flexibility index (Phi) is 3.49. The average molecular weight is 370 g/mol. The second kappa shape index (κ2) is 5.87. The zero-order valence-corrected chi connectivity index (χ0v) is 14.6. The first-order chi connectivity index (χ1) is 12.7. The van der Waals surface area contributed by atoms with Crippen LogP contribution in [0.2, 0.25) is 0 Å². The predicted molar refractivity (Wildman–Crippen MR) is 95.7 cm³/mol. The summed E-state index contributed by atoms with van der Waals surface area (Å²) in [6.45, 7) is 1.57. The van der Waals surface area contributed by atoms with Crippen LogP contribution in [0.4, 0.5) is 15.2 Å². The minimum absolute atomic E-state index is 0.112. The summed E-state index contributed by atoms with van der Waals surface area (Å²) in [7, 11) is 0. The number of aromatic nitrogens is 4. The number of pyridine rings is 1. The van der Waals surface area contributed by atoms with Gasteiger partial charge in [0.05, 0.1) is 36.7 Å². The maximum Gasteiger partial charge on any atom is 0.280 e. The summed E-state index contributed by atoms with van der Waals surface area (Å²) in [6, 6.07) is 3.76. The zero-order valence-electron chi connectivity index (χ0n) is 13.7. The molecule has 0 spiro atoms. The molecule has 2 aliphatic rings. The van der Waals surface area contributed by atoms with E-state index in [0.717, 1.165) is 22.1 Å². The van der Waals surface area contributed by atoms with E-state index < -0.39 is 6.17 Å². The third kappa shape index (κ3) is 2.47. The number of hydrogen-bond acceptors (Lipinski definition) is 6. The molecule has 1 saturated heterocycles. The van der Waals surface area contributed by atoms with Crippen LogP contribution in [0.25, 0.3) is 5.69 Å². The van der Waals surface area contributed by atoms with Crippen LogP contribution in [0.1, 0.15) is 22.5 Å². The number of carbonyl (C=O) groups is 1. The largest absolute Gasteiger partial charge is 0.354 e. The molecule has 0 unspecified atom stereocenters. The van der Waals surface area contributed by atoms with E-state index in [2.05, 4.69) is 15.1 Å². The molecular weight excluding hydrogens is 355 g/mol. The van der Waals surface area contributed by atoms with Gasteiger partial charge in [-0.3, -0.25) is 14.7 Å². The molecule has 0 aliphatic carbocycles. The highest BCUT2D eigenvalue weighted by atomic mass is 32.1. The molecule has 26 heavy (non-hydrogen) atoms. The summed E-state index contributed by atoms with van der Waals surface area (Å²) in [4.78, 5) is 24.6. The van der Waals surface area contributed by atoms with Crippen LogP contribution in [-0.4, -0.2) is 44.9 Å². The van der Waals surface area contributed by atoms with Gasteiger partial charge in [0, 0.05) is 18.3 Å². The smallest absolute Gasteiger partial charge is 0.280 e. The predicted octanol–water partition coefficient (Wildman–Crippen LogP) is 2.43. The number of hydrogen-bond donors (Lipinski definition) is 0. The first-order valence-corrected chi connectivity index (χ1v) is 9.21. The molecular formula is C17H15FN6OS. The molecule has 1 atom stereocenters. The Morgan fingerprint density at radius 3 is 2.85 bits per heavy atom. The van der Waals surface area contributed by atoms with Crippen molar-refractivity contribution in [1.29, 1.82) is 0 Å². The number of thiazole rings is 1. The molecule has 0 bridgehead atoms. The zero-order chi connectivity index (χ0) is 17.7. The van der Waals surface area contributed by atoms with Crippen molar-refractivity contribution in [3.8, 4) is 5.69 Å². The minimum atomic E-state index is -0.780. The molecule has 0 radical (unpaired) electrons. The van der Waals surface area contributed by atoms with E-state index in [1.165, 1.54) is 11.3 Å². The van der Waals surface area contributed by atoms with Crippen molar-refractivity contribution >= 4 is 28.1 Å². The summed E-state index contributed by atoms with van der Waals surface area (Å²) >= 11 is 1.43. The van der Waals surface area contributed by atoms with Crippen LogP contribution in [0.15, 0.2) is 36.2 Å². The van der Waals surface area contributed by atoms with Crippen molar-refractivity contribution in [1.82, 2.24) is 19.7 Å². The first-order valence-electron chi connectivity index (χ1n) is 8.33. The lowest BCUT2D eigenvalue weighted by atomic mass is 10.3. The minimum Gasteiger partial charge on any atom is -0.354 e. The van der Waals surface area contributed by atoms with Crippen LogP contribution in [0.5, 0.6) is 0 Å². The van der Waals surface area contributed by atoms with Crippen molar-refractivity contribution in [3.05, 3.63) is 47.5 Å². The van der Waals surface area contributed by atoms with Gasteiger partial charge in [-0.1, -0.05) is 0 Å². The van der Waals surface area contributed by atoms with Crippen molar-refractivity contribution in [2.75, 3.05) is 22.9 Å². The average Bonchev–Trinajstić information content (AvgIpc) is 3.41. The molecule has 0 N–H and O–H groups in total. The number of fused-ring (bicyclic) bond motifs is 1. The van der Waals surface area contributed by atoms with Gasteiger partial charge in [-0.25, -0.2) is 14.1 Å². The van der Waals surface area contributed by atoms with E-state index in [9.17, 15) is 9.18 Å². The van der Waals surface area contributed by atoms with Crippen molar-refractivity contribution in [3.63, 3.8) is 0 Å². The number of rotatable bonds is 3. The van der Waals surface area contributed by atoms with Crippen LogP contribution in [0, 0.1) is 0 Å². The van der Waals surface area contributed by atoms with Gasteiger partial charge in [0.2, 0.25) is 0 Å². The Hall–Kier alpha value is -2.81. The molecule has 2 aliphatic heterocycles. The second-order valence-corrected chi connectivity index (χ2v) is 7.25. The van der Waals surface area contributed by atoms with Gasteiger partial charge < -0.3 is 4.90 Å². The molecule has 3 aromatic rings. The molecule has 9 heteroatoms. The van der Waals surface area contributed by atoms with E-state index in [0.29, 0.717) is 31.7 Å². The van der Waals surface area contributed by atoms with E-state index in [1.807, 2.05) is 23.2 Å². The van der Waals surface area contributed by atoms with Gasteiger partial charge in [-0.15, -0.1) is 11.3 Å². The number of anilines is 2. The van der Waals surface area contributed by atoms with Gasteiger partial charge in [0.15, 0.2) is 5.69 Å². The quantitative estimate of drug-likeness (QED) is 0.708. The first kappa shape index (κ1) is 15.4. The SMILES string of the molecule is O=C1c2nn(-c3ccc(N4CC[C@H](F)C4)nc3)cc2CN1c1cncs1. The molecule has 132 valence electrons. The van der Waals surface area contributed by atoms with Gasteiger partial charge in [0.25, 0.3) is 5.91 Å². The third-order valence-corrected chi connectivity index (χ3v) is 5.50. The highest BCUT2D eigenvalue weighted by Gasteiger charge is 2.33. The molecule has 3 aromatic heterocycles. The Morgan fingerprint density at radius 1 is 1.27 bits per heavy atom. The second-order valence-electron chi connectivity index (χ2n) is 6.39. The van der Waals surface area contributed by atoms with E-state index in [4.69, 9.17) is 0 Å². The summed E-state index contributed by atoms with van der Waals surface area (Å²) < 4.78 is 15.0. The van der Waals surface area contributed by atoms with Crippen molar-refractivity contribution < 1.29 is 9.18 Å². The molecule has 1 fully saturated rings. The number of amides is 1. The van der Waals surface area contributed by atoms with E-state index >= 15 is 0 Å². The maximum atomic E-state index is 13.3. The maximum absolute atomic E-state index is 13.3. The lowest BCUT2D eigenvalue weighted by Gasteiger charge is -2.16. The van der Waals surface area contributed by atoms with Crippen LogP contribution in [0.3, 0.4) is 0 Å². The lowest BCUT2D eigenvalue weighted by Crippen LogP contribution is -2.23. The van der Waals surface area contributed by atoms with Crippen molar-refractivity contribution in [2.45, 2.75) is 19.1 Å². The molecule has 5 rings (SSSR count). The number of nitrogens with zero attached hydrogens (tertiary/aromatic N) is 6. The fourth-order valence-corrected chi connectivity index (χ4v) is 3.98. The van der Waals surface area contributed by atoms with E-state index in [1.54, 1.807) is 27.5 Å². The number of halogens is 1.